The number of carbonyl (C=O) groups is 2. The fourth-order valence-corrected chi connectivity index (χ4v) is 5.96. The number of halogens is 1. The van der Waals surface area contributed by atoms with E-state index in [4.69, 9.17) is 16.6 Å². The molecule has 0 spiro atoms. The Kier molecular flexibility index (Phi) is 7.79. The van der Waals surface area contributed by atoms with Crippen LogP contribution in [0.4, 0.5) is 0 Å². The summed E-state index contributed by atoms with van der Waals surface area (Å²) in [6, 6.07) is 18.0. The molecule has 7 heteroatoms. The maximum atomic E-state index is 13.3. The minimum absolute atomic E-state index is 0.0211. The van der Waals surface area contributed by atoms with E-state index in [9.17, 15) is 14.7 Å². The first-order valence-electron chi connectivity index (χ1n) is 13.4. The number of nitrogens with one attached hydrogen (secondary N) is 2. The largest absolute Gasteiger partial charge is 0.478 e. The zero-order chi connectivity index (χ0) is 26.6. The van der Waals surface area contributed by atoms with Crippen LogP contribution in [0, 0.1) is 5.92 Å². The molecule has 0 saturated heterocycles. The molecule has 1 fully saturated rings. The van der Waals surface area contributed by atoms with Crippen LogP contribution in [0.25, 0.3) is 33.5 Å². The van der Waals surface area contributed by atoms with E-state index in [-0.39, 0.29) is 17.5 Å². The number of hydrogen-bond donors (Lipinski definition) is 3. The van der Waals surface area contributed by atoms with Gasteiger partial charge in [0.05, 0.1) is 16.6 Å². The van der Waals surface area contributed by atoms with Crippen molar-refractivity contribution in [2.24, 2.45) is 5.92 Å². The van der Waals surface area contributed by atoms with Gasteiger partial charge >= 0.3 is 5.97 Å². The van der Waals surface area contributed by atoms with Crippen LogP contribution in [0.3, 0.4) is 0 Å². The zero-order valence-corrected chi connectivity index (χ0v) is 22.2. The molecule has 0 aliphatic heterocycles. The lowest BCUT2D eigenvalue weighted by Crippen LogP contribution is -2.41. The summed E-state index contributed by atoms with van der Waals surface area (Å²) in [6.45, 7) is 2.13. The quantitative estimate of drug-likeness (QED) is 0.217. The molecule has 1 aliphatic carbocycles. The van der Waals surface area contributed by atoms with Crippen LogP contribution in [0.15, 0.2) is 60.7 Å². The Bertz CT molecular complexity index is 1440. The second kappa shape index (κ2) is 11.4. The van der Waals surface area contributed by atoms with Crippen LogP contribution < -0.4 is 5.32 Å². The summed E-state index contributed by atoms with van der Waals surface area (Å²) in [4.78, 5) is 33.8. The van der Waals surface area contributed by atoms with Gasteiger partial charge < -0.3 is 15.4 Å². The first-order valence-corrected chi connectivity index (χ1v) is 13.8. The topological polar surface area (TPSA) is 95.1 Å². The van der Waals surface area contributed by atoms with Gasteiger partial charge in [0.2, 0.25) is 0 Å². The Labute approximate surface area is 227 Å². The van der Waals surface area contributed by atoms with Gasteiger partial charge in [0.15, 0.2) is 0 Å². The second-order valence-corrected chi connectivity index (χ2v) is 10.5. The van der Waals surface area contributed by atoms with Crippen molar-refractivity contribution in [3.63, 3.8) is 0 Å². The molecule has 1 atom stereocenters. The third-order valence-corrected chi connectivity index (χ3v) is 7.89. The average molecular weight is 530 g/mol. The minimum Gasteiger partial charge on any atom is -0.478 e. The zero-order valence-electron chi connectivity index (χ0n) is 21.5. The lowest BCUT2D eigenvalue weighted by atomic mass is 9.82. The molecule has 4 aromatic rings. The van der Waals surface area contributed by atoms with E-state index in [1.807, 2.05) is 36.4 Å². The first kappa shape index (κ1) is 26.0. The Balaban J connectivity index is 1.51. The van der Waals surface area contributed by atoms with Gasteiger partial charge in [0, 0.05) is 27.8 Å². The smallest absolute Gasteiger partial charge is 0.336 e. The molecule has 0 unspecified atom stereocenters. The van der Waals surface area contributed by atoms with Crippen LogP contribution >= 0.6 is 11.6 Å². The molecule has 1 aliphatic rings. The van der Waals surface area contributed by atoms with Gasteiger partial charge in [-0.15, -0.1) is 0 Å². The maximum Gasteiger partial charge on any atom is 0.336 e. The van der Waals surface area contributed by atoms with Crippen molar-refractivity contribution >= 4 is 34.5 Å². The highest BCUT2D eigenvalue weighted by Gasteiger charge is 2.26. The number of amides is 1. The van der Waals surface area contributed by atoms with Gasteiger partial charge in [-0.25, -0.2) is 9.78 Å². The van der Waals surface area contributed by atoms with Crippen molar-refractivity contribution < 1.29 is 14.7 Å². The highest BCUT2D eigenvalue weighted by atomic mass is 35.5. The Morgan fingerprint density at radius 2 is 1.84 bits per heavy atom. The van der Waals surface area contributed by atoms with E-state index in [0.29, 0.717) is 39.0 Å². The lowest BCUT2D eigenvalue weighted by Gasteiger charge is -2.31. The third kappa shape index (κ3) is 5.32. The predicted octanol–water partition coefficient (Wildman–Crippen LogP) is 7.73. The molecule has 1 saturated carbocycles. The van der Waals surface area contributed by atoms with Crippen LogP contribution in [0.5, 0.6) is 0 Å². The number of hydrogen-bond acceptors (Lipinski definition) is 3. The SMILES string of the molecule is CCC[C@H](NC(=O)c1ccc(-c2c(Cl)cccc2-c2nc3ccccc3[nH]2)c(C(=O)O)c1)C1CCCCC1. The molecular weight excluding hydrogens is 498 g/mol. The van der Waals surface area contributed by atoms with E-state index < -0.39 is 5.97 Å². The van der Waals surface area contributed by atoms with Crippen LogP contribution in [0.2, 0.25) is 5.02 Å². The number of aromatic amines is 1. The molecule has 1 amide bonds. The van der Waals surface area contributed by atoms with Crippen LogP contribution in [-0.2, 0) is 0 Å². The predicted molar refractivity (Wildman–Crippen MR) is 152 cm³/mol. The van der Waals surface area contributed by atoms with Crippen molar-refractivity contribution in [3.05, 3.63) is 76.8 Å². The molecule has 196 valence electrons. The average Bonchev–Trinajstić information content (AvgIpc) is 3.37. The number of imidazole rings is 1. The number of carbonyl (C=O) groups excluding carboxylic acids is 1. The van der Waals surface area contributed by atoms with Gasteiger partial charge in [-0.2, -0.15) is 0 Å². The minimum atomic E-state index is -1.12. The second-order valence-electron chi connectivity index (χ2n) is 10.1. The Morgan fingerprint density at radius 1 is 1.05 bits per heavy atom. The molecule has 1 heterocycles. The first-order chi connectivity index (χ1) is 18.5. The number of nitrogens with zero attached hydrogens (tertiary/aromatic N) is 1. The van der Waals surface area contributed by atoms with E-state index >= 15 is 0 Å². The van der Waals surface area contributed by atoms with Gasteiger partial charge in [0.1, 0.15) is 5.82 Å². The van der Waals surface area contributed by atoms with Gasteiger partial charge in [-0.3, -0.25) is 4.79 Å². The number of H-pyrrole nitrogens is 1. The number of aromatic carboxylic acids is 1. The van der Waals surface area contributed by atoms with E-state index in [0.717, 1.165) is 36.7 Å². The normalized spacial score (nSPS) is 14.9. The number of aromatic nitrogens is 2. The monoisotopic (exact) mass is 529 g/mol. The van der Waals surface area contributed by atoms with Crippen LogP contribution in [-0.4, -0.2) is 33.0 Å². The van der Waals surface area contributed by atoms with Gasteiger partial charge in [-0.05, 0) is 61.1 Å². The molecule has 3 N–H and O–H groups in total. The number of rotatable bonds is 8. The molecule has 38 heavy (non-hydrogen) atoms. The number of carboxylic acid groups (broad SMARTS) is 1. The maximum absolute atomic E-state index is 13.3. The highest BCUT2D eigenvalue weighted by molar-refractivity contribution is 6.34. The summed E-state index contributed by atoms with van der Waals surface area (Å²) in [5.74, 6) is -0.292. The van der Waals surface area contributed by atoms with Crippen molar-refractivity contribution in [2.45, 2.75) is 57.9 Å². The summed E-state index contributed by atoms with van der Waals surface area (Å²) < 4.78 is 0. The summed E-state index contributed by atoms with van der Waals surface area (Å²) in [7, 11) is 0. The fourth-order valence-electron chi connectivity index (χ4n) is 5.68. The lowest BCUT2D eigenvalue weighted by molar-refractivity contribution is 0.0697. The van der Waals surface area contributed by atoms with E-state index in [2.05, 4.69) is 17.2 Å². The molecule has 6 nitrogen and oxygen atoms in total. The molecule has 3 aromatic carbocycles. The molecule has 0 radical (unpaired) electrons. The number of benzene rings is 3. The van der Waals surface area contributed by atoms with Crippen molar-refractivity contribution in [2.75, 3.05) is 0 Å². The summed E-state index contributed by atoms with van der Waals surface area (Å²) in [5.41, 5.74) is 3.72. The van der Waals surface area contributed by atoms with E-state index in [1.165, 1.54) is 25.3 Å². The summed E-state index contributed by atoms with van der Waals surface area (Å²) >= 11 is 6.67. The number of para-hydroxylation sites is 2. The molecular formula is C31H32ClN3O3. The van der Waals surface area contributed by atoms with Gasteiger partial charge in [-0.1, -0.05) is 74.5 Å². The van der Waals surface area contributed by atoms with Gasteiger partial charge in [0.25, 0.3) is 5.91 Å². The summed E-state index contributed by atoms with van der Waals surface area (Å²) in [5, 5.41) is 13.8. The van der Waals surface area contributed by atoms with Crippen molar-refractivity contribution in [3.8, 4) is 22.5 Å². The van der Waals surface area contributed by atoms with E-state index in [1.54, 1.807) is 18.2 Å². The molecule has 1 aromatic heterocycles. The standard InChI is InChI=1S/C31H32ClN3O3/c1-2-9-25(19-10-4-3-5-11-19)35-30(36)20-16-17-21(23(18-20)31(37)38)28-22(12-8-13-24(28)32)29-33-26-14-6-7-15-27(26)34-29/h6-8,12-19,25H,2-5,9-11H2,1H3,(H,33,34)(H,35,36)(H,37,38)/t25-/m0/s1. The Morgan fingerprint density at radius 3 is 2.58 bits per heavy atom. The highest BCUT2D eigenvalue weighted by Crippen LogP contribution is 2.39. The fraction of sp³-hybridized carbons (Fsp3) is 0.323. The summed E-state index contributed by atoms with van der Waals surface area (Å²) in [6.07, 6.45) is 7.81. The Hall–Kier alpha value is -3.64. The number of carboxylic acids is 1. The van der Waals surface area contributed by atoms with Crippen molar-refractivity contribution in [1.29, 1.82) is 0 Å². The van der Waals surface area contributed by atoms with Crippen LogP contribution in [0.1, 0.15) is 72.6 Å². The number of fused-ring (bicyclic) bond motifs is 1. The molecule has 0 bridgehead atoms. The molecule has 5 rings (SSSR count). The van der Waals surface area contributed by atoms with Crippen molar-refractivity contribution in [1.82, 2.24) is 15.3 Å². The third-order valence-electron chi connectivity index (χ3n) is 7.57.